The van der Waals surface area contributed by atoms with Crippen molar-refractivity contribution in [1.82, 2.24) is 0 Å². The molecule has 0 spiro atoms. The van der Waals surface area contributed by atoms with Crippen LogP contribution in [-0.4, -0.2) is 11.6 Å². The van der Waals surface area contributed by atoms with Crippen molar-refractivity contribution in [1.29, 1.82) is 0 Å². The van der Waals surface area contributed by atoms with Gasteiger partial charge in [0.1, 0.15) is 0 Å². The van der Waals surface area contributed by atoms with Crippen LogP contribution in [0.2, 0.25) is 0 Å². The molecule has 0 aromatic heterocycles. The summed E-state index contributed by atoms with van der Waals surface area (Å²) in [6, 6.07) is 29.9. The number of ketones is 2. The number of aryl methyl sites for hydroxylation is 6. The Morgan fingerprint density at radius 3 is 1.22 bits per heavy atom. The van der Waals surface area contributed by atoms with Crippen molar-refractivity contribution in [3.8, 4) is 11.5 Å². The summed E-state index contributed by atoms with van der Waals surface area (Å²) in [6.07, 6.45) is 0. The van der Waals surface area contributed by atoms with Crippen molar-refractivity contribution >= 4 is 41.4 Å². The summed E-state index contributed by atoms with van der Waals surface area (Å²) in [5, 5.41) is 2.90. The first-order valence-corrected chi connectivity index (χ1v) is 16.2. The molecule has 46 heavy (non-hydrogen) atoms. The van der Waals surface area contributed by atoms with E-state index in [2.05, 4.69) is 0 Å². The van der Waals surface area contributed by atoms with Crippen molar-refractivity contribution < 1.29 is 23.2 Å². The van der Waals surface area contributed by atoms with Gasteiger partial charge in [-0.3, -0.25) is 9.59 Å². The Labute approximate surface area is 269 Å². The molecule has 6 aromatic rings. The Kier molecular flexibility index (Phi) is 8.29. The summed E-state index contributed by atoms with van der Waals surface area (Å²) >= 11 is 0. The smallest absolute Gasteiger partial charge is 0.288 e. The van der Waals surface area contributed by atoms with Crippen LogP contribution in [-0.2, 0) is 4.57 Å². The van der Waals surface area contributed by atoms with E-state index < -0.39 is 8.25 Å². The fraction of sp³-hybridized carbons (Fsp3) is 0.150. The van der Waals surface area contributed by atoms with Crippen LogP contribution in [0, 0.1) is 41.5 Å². The molecule has 0 radical (unpaired) electrons. The Morgan fingerprint density at radius 1 is 0.500 bits per heavy atom. The highest BCUT2D eigenvalue weighted by Crippen LogP contribution is 2.42. The molecule has 0 N–H and O–H groups in total. The lowest BCUT2D eigenvalue weighted by Crippen LogP contribution is -2.10. The molecule has 0 aliphatic heterocycles. The third kappa shape index (κ3) is 5.71. The fourth-order valence-corrected chi connectivity index (χ4v) is 7.28. The van der Waals surface area contributed by atoms with Crippen molar-refractivity contribution in [2.24, 2.45) is 0 Å². The summed E-state index contributed by atoms with van der Waals surface area (Å²) in [4.78, 5) is 28.2. The number of carbonyl (C=O) groups is 2. The highest BCUT2D eigenvalue weighted by atomic mass is 31.1. The zero-order valence-electron chi connectivity index (χ0n) is 26.7. The Morgan fingerprint density at radius 2 is 0.848 bits per heavy atom. The lowest BCUT2D eigenvalue weighted by molar-refractivity contribution is 0.102. The Balaban J connectivity index is 1.45. The van der Waals surface area contributed by atoms with E-state index in [-0.39, 0.29) is 34.2 Å². The fourth-order valence-electron chi connectivity index (χ4n) is 6.55. The van der Waals surface area contributed by atoms with E-state index >= 15 is 0 Å². The molecule has 0 amide bonds. The maximum absolute atomic E-state index is 14.1. The molecule has 0 atom stereocenters. The minimum absolute atomic E-state index is 0.168. The molecular weight excluding hydrogens is 591 g/mol. The standard InChI is InChI=1S/C40H34O5P/c1-23-19-25(3)35(26(4)20-23)37(41)33-17-15-29-11-7-9-13-31(29)39(33)44-46(43)45-40-32-14-10-8-12-30(32)16-18-34(40)38(42)36-27(5)21-24(2)22-28(36)6/h7-22H,1-6H3/q+1. The van der Waals surface area contributed by atoms with Crippen LogP contribution in [0.4, 0.5) is 0 Å². The summed E-state index contributed by atoms with van der Waals surface area (Å²) in [5.41, 5.74) is 7.24. The van der Waals surface area contributed by atoms with Crippen molar-refractivity contribution in [3.63, 3.8) is 0 Å². The van der Waals surface area contributed by atoms with E-state index in [9.17, 15) is 14.2 Å². The number of carbonyl (C=O) groups excluding carboxylic acids is 2. The molecule has 6 rings (SSSR count). The highest BCUT2D eigenvalue weighted by molar-refractivity contribution is 7.34. The quantitative estimate of drug-likeness (QED) is 0.124. The van der Waals surface area contributed by atoms with Crippen LogP contribution < -0.4 is 9.05 Å². The van der Waals surface area contributed by atoms with Crippen molar-refractivity contribution in [2.45, 2.75) is 41.5 Å². The second kappa shape index (κ2) is 12.3. The van der Waals surface area contributed by atoms with Crippen molar-refractivity contribution in [2.75, 3.05) is 0 Å². The summed E-state index contributed by atoms with van der Waals surface area (Å²) < 4.78 is 26.2. The van der Waals surface area contributed by atoms with E-state index in [1.807, 2.05) is 126 Å². The molecule has 0 aliphatic rings. The van der Waals surface area contributed by atoms with Gasteiger partial charge in [0.15, 0.2) is 11.6 Å². The molecule has 228 valence electrons. The van der Waals surface area contributed by atoms with Crippen LogP contribution in [0.25, 0.3) is 21.5 Å². The van der Waals surface area contributed by atoms with Crippen molar-refractivity contribution in [3.05, 3.63) is 153 Å². The van der Waals surface area contributed by atoms with Gasteiger partial charge in [0.05, 0.1) is 11.1 Å². The van der Waals surface area contributed by atoms with Gasteiger partial charge in [-0.15, -0.1) is 0 Å². The first kappa shape index (κ1) is 30.9. The maximum Gasteiger partial charge on any atom is 0.805 e. The van der Waals surface area contributed by atoms with Gasteiger partial charge in [0.2, 0.25) is 11.5 Å². The first-order valence-electron chi connectivity index (χ1n) is 15.1. The third-order valence-electron chi connectivity index (χ3n) is 8.39. The van der Waals surface area contributed by atoms with Crippen LogP contribution in [0.3, 0.4) is 0 Å². The first-order chi connectivity index (χ1) is 22.0. The monoisotopic (exact) mass is 625 g/mol. The second-order valence-electron chi connectivity index (χ2n) is 11.9. The van der Waals surface area contributed by atoms with E-state index in [0.717, 1.165) is 44.2 Å². The van der Waals surface area contributed by atoms with E-state index in [4.69, 9.17) is 9.05 Å². The molecule has 5 nitrogen and oxygen atoms in total. The molecule has 0 bridgehead atoms. The van der Waals surface area contributed by atoms with Gasteiger partial charge in [-0.2, -0.15) is 0 Å². The van der Waals surface area contributed by atoms with Gasteiger partial charge >= 0.3 is 8.25 Å². The molecule has 0 saturated heterocycles. The van der Waals surface area contributed by atoms with Gasteiger partial charge in [0.25, 0.3) is 0 Å². The molecule has 0 heterocycles. The molecule has 6 heteroatoms. The van der Waals surface area contributed by atoms with E-state index in [0.29, 0.717) is 21.9 Å². The molecule has 0 saturated carbocycles. The SMILES string of the molecule is Cc1cc(C)c(C(=O)c2ccc3ccccc3c2O[P+](=O)Oc2c(C(=O)c3c(C)cc(C)cc3C)ccc3ccccc23)c(C)c1. The lowest BCUT2D eigenvalue weighted by atomic mass is 9.91. The molecular formula is C40H34O5P+. The van der Waals surface area contributed by atoms with Crippen LogP contribution in [0.5, 0.6) is 11.5 Å². The summed E-state index contributed by atoms with van der Waals surface area (Å²) in [6.45, 7) is 11.6. The molecule has 0 aliphatic carbocycles. The predicted molar refractivity (Wildman–Crippen MR) is 185 cm³/mol. The second-order valence-corrected chi connectivity index (χ2v) is 12.8. The van der Waals surface area contributed by atoms with Gasteiger partial charge < -0.3 is 0 Å². The van der Waals surface area contributed by atoms with Gasteiger partial charge in [0, 0.05) is 26.5 Å². The van der Waals surface area contributed by atoms with Crippen LogP contribution in [0.1, 0.15) is 65.2 Å². The third-order valence-corrected chi connectivity index (χ3v) is 9.05. The lowest BCUT2D eigenvalue weighted by Gasteiger charge is -2.13. The molecule has 0 unspecified atom stereocenters. The maximum atomic E-state index is 14.1. The van der Waals surface area contributed by atoms with Crippen LogP contribution in [0.15, 0.2) is 97.1 Å². The van der Waals surface area contributed by atoms with Crippen LogP contribution >= 0.6 is 8.25 Å². The van der Waals surface area contributed by atoms with E-state index in [1.165, 1.54) is 0 Å². The highest BCUT2D eigenvalue weighted by Gasteiger charge is 2.34. The number of hydrogen-bond donors (Lipinski definition) is 0. The van der Waals surface area contributed by atoms with Gasteiger partial charge in [-0.05, 0) is 86.7 Å². The average molecular weight is 626 g/mol. The Bertz CT molecular complexity index is 2030. The summed E-state index contributed by atoms with van der Waals surface area (Å²) in [5.74, 6) is -0.125. The minimum Gasteiger partial charge on any atom is -0.288 e. The number of rotatable bonds is 8. The topological polar surface area (TPSA) is 69.7 Å². The van der Waals surface area contributed by atoms with Gasteiger partial charge in [-0.25, -0.2) is 9.05 Å². The number of fused-ring (bicyclic) bond motifs is 2. The predicted octanol–water partition coefficient (Wildman–Crippen LogP) is 10.4. The molecule has 6 aromatic carbocycles. The number of benzene rings is 6. The summed E-state index contributed by atoms with van der Waals surface area (Å²) in [7, 11) is -2.89. The largest absolute Gasteiger partial charge is 0.805 e. The zero-order chi connectivity index (χ0) is 32.7. The number of hydrogen-bond acceptors (Lipinski definition) is 5. The Hall–Kier alpha value is -5.12. The van der Waals surface area contributed by atoms with E-state index in [1.54, 1.807) is 12.1 Å². The minimum atomic E-state index is -2.89. The zero-order valence-corrected chi connectivity index (χ0v) is 27.6. The van der Waals surface area contributed by atoms with Gasteiger partial charge in [-0.1, -0.05) is 96.1 Å². The average Bonchev–Trinajstić information content (AvgIpc) is 3.00. The normalized spacial score (nSPS) is 11.1. The molecule has 0 fully saturated rings.